The zero-order valence-corrected chi connectivity index (χ0v) is 13.1. The van der Waals surface area contributed by atoms with Crippen molar-refractivity contribution in [1.29, 1.82) is 0 Å². The molecule has 120 valence electrons. The summed E-state index contributed by atoms with van der Waals surface area (Å²) in [4.78, 5) is 11.1. The predicted octanol–water partition coefficient (Wildman–Crippen LogP) is 2.66. The second-order valence-corrected chi connectivity index (χ2v) is 6.01. The van der Waals surface area contributed by atoms with Crippen LogP contribution >= 0.6 is 11.3 Å². The molecule has 0 bridgehead atoms. The molecule has 0 aromatic carbocycles. The van der Waals surface area contributed by atoms with Gasteiger partial charge >= 0.3 is 5.97 Å². The van der Waals surface area contributed by atoms with Crippen molar-refractivity contribution in [2.45, 2.75) is 57.2 Å². The first-order valence-corrected chi connectivity index (χ1v) is 8.18. The van der Waals surface area contributed by atoms with Crippen molar-refractivity contribution in [3.8, 4) is 5.06 Å². The maximum absolute atomic E-state index is 11.1. The summed E-state index contributed by atoms with van der Waals surface area (Å²) >= 11 is 1.56. The molecule has 0 aliphatic carbocycles. The van der Waals surface area contributed by atoms with Crippen molar-refractivity contribution in [2.24, 2.45) is 0 Å². The van der Waals surface area contributed by atoms with E-state index in [-0.39, 0.29) is 12.8 Å². The van der Waals surface area contributed by atoms with E-state index >= 15 is 0 Å². The van der Waals surface area contributed by atoms with Crippen LogP contribution in [0.25, 0.3) is 0 Å². The molecule has 3 N–H and O–H groups in total. The van der Waals surface area contributed by atoms with Gasteiger partial charge in [0.25, 0.3) is 0 Å². The van der Waals surface area contributed by atoms with Crippen molar-refractivity contribution in [1.82, 2.24) is 0 Å². The summed E-state index contributed by atoms with van der Waals surface area (Å²) in [5.41, 5.74) is -2.03. The number of thiophene rings is 1. The van der Waals surface area contributed by atoms with Crippen LogP contribution in [-0.4, -0.2) is 39.6 Å². The second-order valence-electron chi connectivity index (χ2n) is 5.10. The maximum Gasteiger partial charge on any atom is 0.338 e. The van der Waals surface area contributed by atoms with Crippen molar-refractivity contribution in [2.75, 3.05) is 6.61 Å². The van der Waals surface area contributed by atoms with E-state index in [1.54, 1.807) is 18.3 Å². The van der Waals surface area contributed by atoms with Crippen molar-refractivity contribution >= 4 is 17.3 Å². The molecule has 1 aromatic heterocycles. The molecule has 0 aliphatic rings. The number of ether oxygens (including phenoxy) is 1. The fourth-order valence-corrected chi connectivity index (χ4v) is 2.72. The summed E-state index contributed by atoms with van der Waals surface area (Å²) in [6.45, 7) is 2.29. The monoisotopic (exact) mass is 316 g/mol. The lowest BCUT2D eigenvalue weighted by atomic mass is 9.89. The van der Waals surface area contributed by atoms with Gasteiger partial charge in [0.2, 0.25) is 0 Å². The van der Waals surface area contributed by atoms with Crippen LogP contribution in [-0.2, 0) is 4.79 Å². The fraction of sp³-hybridized carbons (Fsp3) is 0.667. The summed E-state index contributed by atoms with van der Waals surface area (Å²) in [5, 5.41) is 31.6. The molecule has 1 heterocycles. The van der Waals surface area contributed by atoms with E-state index in [0.29, 0.717) is 13.0 Å². The van der Waals surface area contributed by atoms with Gasteiger partial charge in [-0.3, -0.25) is 0 Å². The zero-order chi connectivity index (χ0) is 15.7. The Morgan fingerprint density at radius 2 is 2.10 bits per heavy atom. The van der Waals surface area contributed by atoms with Crippen LogP contribution in [0.1, 0.15) is 45.4 Å². The topological polar surface area (TPSA) is 87.0 Å². The third-order valence-electron chi connectivity index (χ3n) is 3.50. The molecule has 2 unspecified atom stereocenters. The lowest BCUT2D eigenvalue weighted by molar-refractivity contribution is -0.173. The summed E-state index contributed by atoms with van der Waals surface area (Å²) in [5.74, 6) is -1.35. The quantitative estimate of drug-likeness (QED) is 0.546. The van der Waals surface area contributed by atoms with E-state index in [2.05, 4.69) is 0 Å². The van der Waals surface area contributed by atoms with Gasteiger partial charge in [0.15, 0.2) is 10.7 Å². The molecular weight excluding hydrogens is 292 g/mol. The standard InChI is InChI=1S/C15H24O5S/c1-2-12(16)15(19,14(17)18)9-5-3-4-6-10-20-13-8-7-11-21-13/h7-8,11-12,16,19H,2-6,9-10H2,1H3,(H,17,18). The van der Waals surface area contributed by atoms with E-state index in [0.717, 1.165) is 24.3 Å². The molecule has 0 saturated carbocycles. The Balaban J connectivity index is 2.15. The first-order chi connectivity index (χ1) is 10.0. The number of aliphatic hydroxyl groups excluding tert-OH is 1. The number of aliphatic carboxylic acids is 1. The lowest BCUT2D eigenvalue weighted by Crippen LogP contribution is -2.49. The molecule has 0 radical (unpaired) electrons. The van der Waals surface area contributed by atoms with Crippen molar-refractivity contribution < 1.29 is 24.9 Å². The molecule has 0 amide bonds. The molecule has 2 atom stereocenters. The van der Waals surface area contributed by atoms with Crippen molar-refractivity contribution in [3.63, 3.8) is 0 Å². The number of unbranched alkanes of at least 4 members (excludes halogenated alkanes) is 3. The van der Waals surface area contributed by atoms with E-state index in [9.17, 15) is 15.0 Å². The highest BCUT2D eigenvalue weighted by Crippen LogP contribution is 2.23. The van der Waals surface area contributed by atoms with Gasteiger partial charge < -0.3 is 20.1 Å². The molecule has 21 heavy (non-hydrogen) atoms. The Morgan fingerprint density at radius 1 is 1.38 bits per heavy atom. The van der Waals surface area contributed by atoms with E-state index in [1.807, 2.05) is 17.5 Å². The minimum Gasteiger partial charge on any atom is -0.484 e. The Kier molecular flexibility index (Phi) is 7.71. The molecular formula is C15H24O5S. The smallest absolute Gasteiger partial charge is 0.338 e. The predicted molar refractivity (Wildman–Crippen MR) is 81.8 cm³/mol. The number of carbonyl (C=O) groups is 1. The van der Waals surface area contributed by atoms with Crippen LogP contribution in [0.4, 0.5) is 0 Å². The molecule has 0 fully saturated rings. The van der Waals surface area contributed by atoms with Crippen LogP contribution in [0, 0.1) is 0 Å². The van der Waals surface area contributed by atoms with Gasteiger partial charge in [0, 0.05) is 0 Å². The van der Waals surface area contributed by atoms with Crippen LogP contribution in [0.5, 0.6) is 5.06 Å². The van der Waals surface area contributed by atoms with Crippen LogP contribution < -0.4 is 4.74 Å². The SMILES string of the molecule is CCC(O)C(O)(CCCCCCOc1cccs1)C(=O)O. The number of carboxylic acid groups (broad SMARTS) is 1. The Bertz CT molecular complexity index is 406. The highest BCUT2D eigenvalue weighted by Gasteiger charge is 2.41. The minimum absolute atomic E-state index is 0.0725. The zero-order valence-electron chi connectivity index (χ0n) is 12.3. The van der Waals surface area contributed by atoms with Crippen molar-refractivity contribution in [3.05, 3.63) is 17.5 Å². The highest BCUT2D eigenvalue weighted by atomic mass is 32.1. The molecule has 0 aliphatic heterocycles. The minimum atomic E-state index is -2.03. The van der Waals surface area contributed by atoms with Gasteiger partial charge in [-0.1, -0.05) is 19.8 Å². The van der Waals surface area contributed by atoms with Gasteiger partial charge in [-0.05, 0) is 43.2 Å². The Hall–Kier alpha value is -1.11. The third-order valence-corrected chi connectivity index (χ3v) is 4.28. The molecule has 5 nitrogen and oxygen atoms in total. The number of hydrogen-bond acceptors (Lipinski definition) is 5. The first kappa shape index (κ1) is 17.9. The largest absolute Gasteiger partial charge is 0.484 e. The summed E-state index contributed by atoms with van der Waals surface area (Å²) < 4.78 is 5.52. The van der Waals surface area contributed by atoms with E-state index < -0.39 is 17.7 Å². The van der Waals surface area contributed by atoms with Gasteiger partial charge in [0.1, 0.15) is 0 Å². The fourth-order valence-electron chi connectivity index (χ4n) is 2.12. The van der Waals surface area contributed by atoms with E-state index in [1.165, 1.54) is 0 Å². The van der Waals surface area contributed by atoms with Crippen LogP contribution in [0.2, 0.25) is 0 Å². The number of aliphatic hydroxyl groups is 2. The van der Waals surface area contributed by atoms with Gasteiger partial charge in [-0.2, -0.15) is 0 Å². The Morgan fingerprint density at radius 3 is 2.67 bits per heavy atom. The first-order valence-electron chi connectivity index (χ1n) is 7.31. The molecule has 1 aromatic rings. The molecule has 0 spiro atoms. The highest BCUT2D eigenvalue weighted by molar-refractivity contribution is 7.11. The number of rotatable bonds is 11. The normalized spacial score (nSPS) is 15.4. The van der Waals surface area contributed by atoms with Crippen LogP contribution in [0.3, 0.4) is 0 Å². The Labute approximate surface area is 129 Å². The summed E-state index contributed by atoms with van der Waals surface area (Å²) in [6, 6.07) is 3.86. The number of hydrogen-bond donors (Lipinski definition) is 3. The lowest BCUT2D eigenvalue weighted by Gasteiger charge is -2.28. The molecule has 1 rings (SSSR count). The summed E-state index contributed by atoms with van der Waals surface area (Å²) in [6.07, 6.45) is 2.24. The third kappa shape index (κ3) is 5.65. The van der Waals surface area contributed by atoms with Crippen LogP contribution in [0.15, 0.2) is 17.5 Å². The van der Waals surface area contributed by atoms with Gasteiger partial charge in [0.05, 0.1) is 12.7 Å². The average molecular weight is 316 g/mol. The second kappa shape index (κ2) is 9.02. The maximum atomic E-state index is 11.1. The van der Waals surface area contributed by atoms with Gasteiger partial charge in [-0.15, -0.1) is 11.3 Å². The molecule has 6 heteroatoms. The van der Waals surface area contributed by atoms with E-state index in [4.69, 9.17) is 9.84 Å². The molecule has 0 saturated heterocycles. The number of carboxylic acids is 1. The average Bonchev–Trinajstić information content (AvgIpc) is 2.98. The van der Waals surface area contributed by atoms with Gasteiger partial charge in [-0.25, -0.2) is 4.79 Å². The summed E-state index contributed by atoms with van der Waals surface area (Å²) in [7, 11) is 0.